The van der Waals surface area contributed by atoms with Crippen LogP contribution in [0.5, 0.6) is 0 Å². The first kappa shape index (κ1) is 13.4. The molecule has 17 heavy (non-hydrogen) atoms. The highest BCUT2D eigenvalue weighted by atomic mass is 16.3. The first-order valence-corrected chi connectivity index (χ1v) is 7.58. The van der Waals surface area contributed by atoms with Crippen LogP contribution in [0.3, 0.4) is 0 Å². The minimum atomic E-state index is -0.0329. The Kier molecular flexibility index (Phi) is 4.87. The van der Waals surface area contributed by atoms with Gasteiger partial charge in [-0.25, -0.2) is 0 Å². The normalized spacial score (nSPS) is 38.8. The summed E-state index contributed by atoms with van der Waals surface area (Å²) in [6.07, 6.45) is 8.88. The molecule has 0 heterocycles. The molecule has 2 unspecified atom stereocenters. The van der Waals surface area contributed by atoms with Gasteiger partial charge in [-0.1, -0.05) is 20.3 Å². The highest BCUT2D eigenvalue weighted by Gasteiger charge is 2.27. The highest BCUT2D eigenvalue weighted by molar-refractivity contribution is 4.83. The van der Waals surface area contributed by atoms with Gasteiger partial charge in [-0.15, -0.1) is 0 Å². The summed E-state index contributed by atoms with van der Waals surface area (Å²) < 4.78 is 0. The van der Waals surface area contributed by atoms with Crippen LogP contribution < -0.4 is 5.32 Å². The predicted molar refractivity (Wildman–Crippen MR) is 71.9 cm³/mol. The van der Waals surface area contributed by atoms with Gasteiger partial charge in [-0.05, 0) is 56.3 Å². The van der Waals surface area contributed by atoms with Crippen molar-refractivity contribution in [2.45, 2.75) is 70.9 Å². The predicted octanol–water partition coefficient (Wildman–Crippen LogP) is 2.95. The van der Waals surface area contributed by atoms with Gasteiger partial charge in [0.1, 0.15) is 0 Å². The van der Waals surface area contributed by atoms with Gasteiger partial charge in [0.15, 0.2) is 0 Å². The van der Waals surface area contributed by atoms with Crippen molar-refractivity contribution in [1.82, 2.24) is 5.32 Å². The third-order valence-electron chi connectivity index (χ3n) is 5.00. The maximum absolute atomic E-state index is 9.79. The number of hydrogen-bond acceptors (Lipinski definition) is 2. The number of nitrogens with one attached hydrogen (secondary N) is 1. The fraction of sp³-hybridized carbons (Fsp3) is 1.00. The van der Waals surface area contributed by atoms with E-state index in [0.717, 1.165) is 30.8 Å². The van der Waals surface area contributed by atoms with Gasteiger partial charge in [0.25, 0.3) is 0 Å². The van der Waals surface area contributed by atoms with Crippen molar-refractivity contribution in [3.05, 3.63) is 0 Å². The number of aliphatic hydroxyl groups excluding tert-OH is 1. The van der Waals surface area contributed by atoms with E-state index in [2.05, 4.69) is 19.2 Å². The molecule has 2 N–H and O–H groups in total. The van der Waals surface area contributed by atoms with Crippen molar-refractivity contribution in [1.29, 1.82) is 0 Å². The molecule has 0 radical (unpaired) electrons. The molecule has 0 spiro atoms. The zero-order chi connectivity index (χ0) is 12.3. The molecule has 2 rings (SSSR count). The molecule has 0 aliphatic heterocycles. The topological polar surface area (TPSA) is 32.3 Å². The highest BCUT2D eigenvalue weighted by Crippen LogP contribution is 2.30. The Morgan fingerprint density at radius 1 is 1.06 bits per heavy atom. The van der Waals surface area contributed by atoms with Crippen LogP contribution in [0, 0.1) is 17.8 Å². The molecule has 2 heteroatoms. The van der Waals surface area contributed by atoms with E-state index in [1.54, 1.807) is 0 Å². The van der Waals surface area contributed by atoms with Crippen LogP contribution in [0.4, 0.5) is 0 Å². The van der Waals surface area contributed by atoms with Crippen LogP contribution in [-0.2, 0) is 0 Å². The molecular formula is C15H29NO. The monoisotopic (exact) mass is 239 g/mol. The van der Waals surface area contributed by atoms with Crippen molar-refractivity contribution in [3.8, 4) is 0 Å². The first-order chi connectivity index (χ1) is 8.16. The molecule has 0 aromatic heterocycles. The molecule has 0 bridgehead atoms. The third-order valence-corrected chi connectivity index (χ3v) is 5.00. The van der Waals surface area contributed by atoms with E-state index in [9.17, 15) is 5.11 Å². The minimum absolute atomic E-state index is 0.0329. The summed E-state index contributed by atoms with van der Waals surface area (Å²) in [5, 5.41) is 13.5. The van der Waals surface area contributed by atoms with Crippen LogP contribution in [0.1, 0.15) is 58.8 Å². The molecular weight excluding hydrogens is 210 g/mol. The van der Waals surface area contributed by atoms with Gasteiger partial charge in [0, 0.05) is 12.6 Å². The summed E-state index contributed by atoms with van der Waals surface area (Å²) in [5.41, 5.74) is 0. The number of rotatable bonds is 4. The Hall–Kier alpha value is -0.0800. The maximum atomic E-state index is 9.79. The summed E-state index contributed by atoms with van der Waals surface area (Å²) in [6, 6.07) is 0.720. The van der Waals surface area contributed by atoms with Crippen molar-refractivity contribution < 1.29 is 5.11 Å². The lowest BCUT2D eigenvalue weighted by Crippen LogP contribution is -2.38. The van der Waals surface area contributed by atoms with E-state index in [-0.39, 0.29) is 6.10 Å². The summed E-state index contributed by atoms with van der Waals surface area (Å²) in [6.45, 7) is 5.75. The fourth-order valence-corrected chi connectivity index (χ4v) is 3.56. The van der Waals surface area contributed by atoms with Crippen molar-refractivity contribution in [2.75, 3.05) is 6.54 Å². The van der Waals surface area contributed by atoms with E-state index >= 15 is 0 Å². The van der Waals surface area contributed by atoms with Crippen molar-refractivity contribution in [2.24, 2.45) is 17.8 Å². The minimum Gasteiger partial charge on any atom is -0.393 e. The summed E-state index contributed by atoms with van der Waals surface area (Å²) >= 11 is 0. The zero-order valence-electron chi connectivity index (χ0n) is 11.5. The van der Waals surface area contributed by atoms with Gasteiger partial charge < -0.3 is 10.4 Å². The van der Waals surface area contributed by atoms with Crippen LogP contribution >= 0.6 is 0 Å². The Bertz CT molecular complexity index is 221. The van der Waals surface area contributed by atoms with Gasteiger partial charge >= 0.3 is 0 Å². The second-order valence-corrected chi connectivity index (χ2v) is 6.52. The van der Waals surface area contributed by atoms with E-state index in [1.165, 1.54) is 38.5 Å². The van der Waals surface area contributed by atoms with Crippen LogP contribution in [0.25, 0.3) is 0 Å². The van der Waals surface area contributed by atoms with Crippen molar-refractivity contribution in [3.63, 3.8) is 0 Å². The smallest absolute Gasteiger partial charge is 0.0580 e. The first-order valence-electron chi connectivity index (χ1n) is 7.58. The molecule has 100 valence electrons. The van der Waals surface area contributed by atoms with E-state index in [0.29, 0.717) is 5.92 Å². The molecule has 2 aliphatic carbocycles. The van der Waals surface area contributed by atoms with Crippen LogP contribution in [0.2, 0.25) is 0 Å². The second-order valence-electron chi connectivity index (χ2n) is 6.52. The van der Waals surface area contributed by atoms with Crippen molar-refractivity contribution >= 4 is 0 Å². The lowest BCUT2D eigenvalue weighted by molar-refractivity contribution is 0.126. The quantitative estimate of drug-likeness (QED) is 0.790. The average molecular weight is 239 g/mol. The lowest BCUT2D eigenvalue weighted by Gasteiger charge is -2.32. The molecule has 0 saturated heterocycles. The average Bonchev–Trinajstić information content (AvgIpc) is 2.73. The largest absolute Gasteiger partial charge is 0.393 e. The van der Waals surface area contributed by atoms with E-state index in [4.69, 9.17) is 0 Å². The SMILES string of the molecule is CC(C)C1CCC(NCC2CCCC2O)CC1. The number of hydrogen-bond donors (Lipinski definition) is 2. The fourth-order valence-electron chi connectivity index (χ4n) is 3.56. The Labute approximate surface area is 106 Å². The molecule has 0 aromatic carbocycles. The van der Waals surface area contributed by atoms with Gasteiger partial charge in [-0.3, -0.25) is 0 Å². The molecule has 2 nitrogen and oxygen atoms in total. The Morgan fingerprint density at radius 3 is 2.29 bits per heavy atom. The zero-order valence-corrected chi connectivity index (χ0v) is 11.5. The molecule has 0 aromatic rings. The lowest BCUT2D eigenvalue weighted by atomic mass is 9.79. The van der Waals surface area contributed by atoms with E-state index in [1.807, 2.05) is 0 Å². The van der Waals surface area contributed by atoms with Gasteiger partial charge in [0.05, 0.1) is 6.10 Å². The Morgan fingerprint density at radius 2 is 1.76 bits per heavy atom. The summed E-state index contributed by atoms with van der Waals surface area (Å²) in [7, 11) is 0. The maximum Gasteiger partial charge on any atom is 0.0580 e. The standard InChI is InChI=1S/C15H29NO/c1-11(2)12-6-8-14(9-7-12)16-10-13-4-3-5-15(13)17/h11-17H,3-10H2,1-2H3. The molecule has 0 amide bonds. The second kappa shape index (κ2) is 6.19. The molecule has 2 saturated carbocycles. The Balaban J connectivity index is 1.64. The van der Waals surface area contributed by atoms with Gasteiger partial charge in [-0.2, -0.15) is 0 Å². The number of aliphatic hydroxyl groups is 1. The summed E-state index contributed by atoms with van der Waals surface area (Å²) in [4.78, 5) is 0. The van der Waals surface area contributed by atoms with E-state index < -0.39 is 0 Å². The molecule has 2 atom stereocenters. The van der Waals surface area contributed by atoms with Crippen LogP contribution in [-0.4, -0.2) is 23.8 Å². The third kappa shape index (κ3) is 3.69. The summed E-state index contributed by atoms with van der Waals surface area (Å²) in [5.74, 6) is 2.33. The van der Waals surface area contributed by atoms with Crippen LogP contribution in [0.15, 0.2) is 0 Å². The molecule has 2 fully saturated rings. The van der Waals surface area contributed by atoms with Gasteiger partial charge in [0.2, 0.25) is 0 Å². The molecule has 2 aliphatic rings.